The lowest BCUT2D eigenvalue weighted by molar-refractivity contribution is -0.0573. The van der Waals surface area contributed by atoms with Crippen LogP contribution in [-0.2, 0) is 5.60 Å². The Bertz CT molecular complexity index is 643. The SMILES string of the molecule is CNC(=O)NCCCC(O)(c1cccc(Cl)c1)C1CCCN(C(=O)O)C1. The molecule has 144 valence electrons. The number of hydrogen-bond donors (Lipinski definition) is 4. The lowest BCUT2D eigenvalue weighted by atomic mass is 9.74. The second-order valence-corrected chi connectivity index (χ2v) is 7.05. The Morgan fingerprint density at radius 1 is 1.42 bits per heavy atom. The molecule has 1 heterocycles. The van der Waals surface area contributed by atoms with Gasteiger partial charge in [0.1, 0.15) is 0 Å². The van der Waals surface area contributed by atoms with Gasteiger partial charge >= 0.3 is 12.1 Å². The highest BCUT2D eigenvalue weighted by Gasteiger charge is 2.41. The van der Waals surface area contributed by atoms with Crippen molar-refractivity contribution in [2.24, 2.45) is 5.92 Å². The van der Waals surface area contributed by atoms with Gasteiger partial charge < -0.3 is 25.7 Å². The predicted octanol–water partition coefficient (Wildman–Crippen LogP) is 2.63. The van der Waals surface area contributed by atoms with E-state index in [2.05, 4.69) is 10.6 Å². The van der Waals surface area contributed by atoms with Gasteiger partial charge in [-0.1, -0.05) is 23.7 Å². The van der Waals surface area contributed by atoms with Crippen LogP contribution in [0.4, 0.5) is 9.59 Å². The second-order valence-electron chi connectivity index (χ2n) is 6.61. The monoisotopic (exact) mass is 383 g/mol. The number of urea groups is 1. The first-order chi connectivity index (χ1) is 12.4. The Kier molecular flexibility index (Phi) is 7.11. The average molecular weight is 384 g/mol. The fourth-order valence-electron chi connectivity index (χ4n) is 3.53. The number of nitrogens with zero attached hydrogens (tertiary/aromatic N) is 1. The molecule has 4 N–H and O–H groups in total. The quantitative estimate of drug-likeness (QED) is 0.567. The van der Waals surface area contributed by atoms with E-state index in [-0.39, 0.29) is 18.5 Å². The first-order valence-electron chi connectivity index (χ1n) is 8.78. The molecule has 2 atom stereocenters. The topological polar surface area (TPSA) is 102 Å². The van der Waals surface area contributed by atoms with E-state index in [1.165, 1.54) is 4.90 Å². The molecule has 1 fully saturated rings. The van der Waals surface area contributed by atoms with E-state index in [1.54, 1.807) is 25.2 Å². The van der Waals surface area contributed by atoms with Gasteiger partial charge in [-0.3, -0.25) is 0 Å². The molecule has 0 spiro atoms. The van der Waals surface area contributed by atoms with E-state index >= 15 is 0 Å². The minimum Gasteiger partial charge on any atom is -0.465 e. The van der Waals surface area contributed by atoms with Crippen LogP contribution in [0.15, 0.2) is 24.3 Å². The highest BCUT2D eigenvalue weighted by molar-refractivity contribution is 6.30. The minimum atomic E-state index is -1.20. The van der Waals surface area contributed by atoms with Crippen molar-refractivity contribution in [3.8, 4) is 0 Å². The number of aliphatic hydroxyl groups is 1. The first kappa shape index (κ1) is 20.3. The van der Waals surface area contributed by atoms with Gasteiger partial charge in [0.15, 0.2) is 0 Å². The lowest BCUT2D eigenvalue weighted by Crippen LogP contribution is -2.48. The molecule has 2 rings (SSSR count). The summed E-state index contributed by atoms with van der Waals surface area (Å²) in [7, 11) is 1.54. The molecule has 2 unspecified atom stereocenters. The Labute approximate surface area is 158 Å². The summed E-state index contributed by atoms with van der Waals surface area (Å²) in [6, 6.07) is 6.79. The van der Waals surface area contributed by atoms with Crippen molar-refractivity contribution in [1.82, 2.24) is 15.5 Å². The van der Waals surface area contributed by atoms with Gasteiger partial charge in [-0.15, -0.1) is 0 Å². The molecule has 8 heteroatoms. The number of likely N-dealkylation sites (tertiary alicyclic amines) is 1. The first-order valence-corrected chi connectivity index (χ1v) is 9.16. The maximum atomic E-state index is 11.5. The standard InChI is InChI=1S/C18H26ClN3O4/c1-20-16(23)21-9-4-8-18(26,13-5-2-7-15(19)11-13)14-6-3-10-22(12-14)17(24)25/h2,5,7,11,14,26H,3-4,6,8-10,12H2,1H3,(H,24,25)(H2,20,21,23). The molecular formula is C18H26ClN3O4. The predicted molar refractivity (Wildman–Crippen MR) is 99.4 cm³/mol. The smallest absolute Gasteiger partial charge is 0.407 e. The molecule has 0 aromatic heterocycles. The minimum absolute atomic E-state index is 0.231. The number of hydrogen-bond acceptors (Lipinski definition) is 3. The molecule has 3 amide bonds. The second kappa shape index (κ2) is 9.09. The van der Waals surface area contributed by atoms with Crippen LogP contribution in [-0.4, -0.2) is 53.9 Å². The Morgan fingerprint density at radius 2 is 2.19 bits per heavy atom. The summed E-state index contributed by atoms with van der Waals surface area (Å²) in [6.45, 7) is 1.18. The molecule has 1 aromatic rings. The lowest BCUT2D eigenvalue weighted by Gasteiger charge is -2.42. The third-order valence-electron chi connectivity index (χ3n) is 4.94. The molecule has 1 aromatic carbocycles. The number of carboxylic acid groups (broad SMARTS) is 1. The fraction of sp³-hybridized carbons (Fsp3) is 0.556. The molecule has 7 nitrogen and oxygen atoms in total. The molecular weight excluding hydrogens is 358 g/mol. The summed E-state index contributed by atoms with van der Waals surface area (Å²) >= 11 is 6.11. The van der Waals surface area contributed by atoms with Crippen LogP contribution in [0.3, 0.4) is 0 Å². The van der Waals surface area contributed by atoms with Crippen LogP contribution in [0.5, 0.6) is 0 Å². The number of nitrogens with one attached hydrogen (secondary N) is 2. The number of carbonyl (C=O) groups excluding carboxylic acids is 1. The van der Waals surface area contributed by atoms with Gasteiger partial charge in [0, 0.05) is 37.6 Å². The Morgan fingerprint density at radius 3 is 2.85 bits per heavy atom. The largest absolute Gasteiger partial charge is 0.465 e. The highest BCUT2D eigenvalue weighted by atomic mass is 35.5. The van der Waals surface area contributed by atoms with Crippen molar-refractivity contribution in [2.75, 3.05) is 26.7 Å². The van der Waals surface area contributed by atoms with Crippen LogP contribution in [0.1, 0.15) is 31.2 Å². The summed E-state index contributed by atoms with van der Waals surface area (Å²) in [5.74, 6) is -0.231. The van der Waals surface area contributed by atoms with E-state index < -0.39 is 11.7 Å². The molecule has 1 aliphatic heterocycles. The summed E-state index contributed by atoms with van der Waals surface area (Å²) in [5, 5.41) is 26.6. The van der Waals surface area contributed by atoms with Gasteiger partial charge in [-0.2, -0.15) is 0 Å². The number of amides is 3. The normalized spacial score (nSPS) is 19.5. The van der Waals surface area contributed by atoms with Crippen LogP contribution in [0, 0.1) is 5.92 Å². The van der Waals surface area contributed by atoms with E-state index in [0.717, 1.165) is 6.42 Å². The molecule has 0 aliphatic carbocycles. The van der Waals surface area contributed by atoms with E-state index in [0.29, 0.717) is 42.9 Å². The molecule has 1 aliphatic rings. The number of piperidine rings is 1. The highest BCUT2D eigenvalue weighted by Crippen LogP contribution is 2.40. The third-order valence-corrected chi connectivity index (χ3v) is 5.17. The number of halogens is 1. The van der Waals surface area contributed by atoms with Crippen molar-refractivity contribution in [1.29, 1.82) is 0 Å². The molecule has 0 radical (unpaired) electrons. The number of benzene rings is 1. The van der Waals surface area contributed by atoms with Crippen LogP contribution >= 0.6 is 11.6 Å². The Balaban J connectivity index is 2.18. The van der Waals surface area contributed by atoms with E-state index in [4.69, 9.17) is 11.6 Å². The zero-order valence-electron chi connectivity index (χ0n) is 14.9. The zero-order chi connectivity index (χ0) is 19.2. The fourth-order valence-corrected chi connectivity index (χ4v) is 3.72. The van der Waals surface area contributed by atoms with Crippen LogP contribution in [0.2, 0.25) is 5.02 Å². The maximum Gasteiger partial charge on any atom is 0.407 e. The summed E-state index contributed by atoms with van der Waals surface area (Å²) < 4.78 is 0. The number of rotatable bonds is 6. The third kappa shape index (κ3) is 5.02. The summed E-state index contributed by atoms with van der Waals surface area (Å²) in [5.41, 5.74) is -0.522. The van der Waals surface area contributed by atoms with Crippen molar-refractivity contribution >= 4 is 23.7 Å². The summed E-state index contributed by atoms with van der Waals surface area (Å²) in [4.78, 5) is 24.0. The van der Waals surface area contributed by atoms with E-state index in [1.807, 2.05) is 6.07 Å². The van der Waals surface area contributed by atoms with Gasteiger partial charge in [0.05, 0.1) is 5.60 Å². The van der Waals surface area contributed by atoms with Crippen molar-refractivity contribution in [2.45, 2.75) is 31.3 Å². The zero-order valence-corrected chi connectivity index (χ0v) is 15.6. The molecule has 0 saturated carbocycles. The Hall–Kier alpha value is -1.99. The molecule has 26 heavy (non-hydrogen) atoms. The van der Waals surface area contributed by atoms with Crippen molar-refractivity contribution < 1.29 is 19.8 Å². The van der Waals surface area contributed by atoms with Crippen LogP contribution in [0.25, 0.3) is 0 Å². The maximum absolute atomic E-state index is 11.5. The van der Waals surface area contributed by atoms with Gasteiger partial charge in [-0.05, 0) is 43.4 Å². The van der Waals surface area contributed by atoms with Gasteiger partial charge in [0.2, 0.25) is 0 Å². The van der Waals surface area contributed by atoms with Crippen LogP contribution < -0.4 is 10.6 Å². The van der Waals surface area contributed by atoms with Crippen molar-refractivity contribution in [3.05, 3.63) is 34.9 Å². The number of carbonyl (C=O) groups is 2. The summed E-state index contributed by atoms with van der Waals surface area (Å²) in [6.07, 6.45) is 1.42. The van der Waals surface area contributed by atoms with Gasteiger partial charge in [-0.25, -0.2) is 9.59 Å². The van der Waals surface area contributed by atoms with Crippen molar-refractivity contribution in [3.63, 3.8) is 0 Å². The average Bonchev–Trinajstić information content (AvgIpc) is 2.64. The van der Waals surface area contributed by atoms with E-state index in [9.17, 15) is 19.8 Å². The van der Waals surface area contributed by atoms with Gasteiger partial charge in [0.25, 0.3) is 0 Å². The molecule has 1 saturated heterocycles. The molecule has 0 bridgehead atoms.